The van der Waals surface area contributed by atoms with Crippen molar-refractivity contribution in [2.24, 2.45) is 11.5 Å². The van der Waals surface area contributed by atoms with E-state index >= 15 is 0 Å². The van der Waals surface area contributed by atoms with Gasteiger partial charge in [0.2, 0.25) is 0 Å². The average Bonchev–Trinajstić information content (AvgIpc) is 1.86. The number of carbonyl (C=O) groups is 1. The Kier molecular flexibility index (Phi) is 16.9. The molecule has 0 spiro atoms. The molecule has 0 saturated heterocycles. The first kappa shape index (κ1) is 19.6. The van der Waals surface area contributed by atoms with Crippen LogP contribution < -0.4 is 22.2 Å². The molecular formula is C6H16N4OY2+2. The van der Waals surface area contributed by atoms with Crippen LogP contribution in [0, 0.1) is 0 Å². The van der Waals surface area contributed by atoms with Crippen LogP contribution >= 0.6 is 0 Å². The molecule has 0 aromatic rings. The molecule has 1 atom stereocenters. The van der Waals surface area contributed by atoms with Gasteiger partial charge in [-0.1, -0.05) is 0 Å². The second-order valence-electron chi connectivity index (χ2n) is 2.48. The Morgan fingerprint density at radius 2 is 1.92 bits per heavy atom. The normalized spacial score (nSPS) is 10.3. The van der Waals surface area contributed by atoms with Gasteiger partial charge in [-0.25, -0.2) is 0 Å². The van der Waals surface area contributed by atoms with Crippen LogP contribution in [0.4, 0.5) is 0 Å². The van der Waals surface area contributed by atoms with Crippen LogP contribution in [-0.4, -0.2) is 24.3 Å². The fourth-order valence-corrected chi connectivity index (χ4v) is 0.594. The van der Waals surface area contributed by atoms with E-state index in [4.69, 9.17) is 11.5 Å². The van der Waals surface area contributed by atoms with Crippen LogP contribution in [0.5, 0.6) is 0 Å². The van der Waals surface area contributed by atoms with Crippen LogP contribution in [0.25, 0.3) is 0 Å². The number of quaternary nitrogens is 1. The van der Waals surface area contributed by atoms with Gasteiger partial charge in [0.05, 0.1) is 6.54 Å². The van der Waals surface area contributed by atoms with Crippen LogP contribution in [0.15, 0.2) is 0 Å². The van der Waals surface area contributed by atoms with Gasteiger partial charge in [-0.3, -0.25) is 21.3 Å². The van der Waals surface area contributed by atoms with E-state index in [2.05, 4.69) is 10.7 Å². The summed E-state index contributed by atoms with van der Waals surface area (Å²) in [6.45, 7) is 2.11. The fourth-order valence-electron chi connectivity index (χ4n) is 0.594. The molecule has 0 aromatic carbocycles. The van der Waals surface area contributed by atoms with Crippen molar-refractivity contribution in [1.82, 2.24) is 0 Å². The molecule has 2 radical (unpaired) electrons. The number of rotatable bonds is 4. The second kappa shape index (κ2) is 11.2. The Hall–Kier alpha value is 1.11. The minimum Gasteiger partial charge on any atom is -0.349 e. The van der Waals surface area contributed by atoms with Gasteiger partial charge in [-0.05, 0) is 0 Å². The minimum atomic E-state index is -0.165. The summed E-state index contributed by atoms with van der Waals surface area (Å²) in [5.74, 6) is 0.267. The van der Waals surface area contributed by atoms with E-state index in [9.17, 15) is 4.79 Å². The summed E-state index contributed by atoms with van der Waals surface area (Å²) in [5, 5.41) is 0. The summed E-state index contributed by atoms with van der Waals surface area (Å²) in [4.78, 5) is 13.4. The fraction of sp³-hybridized carbons (Fsp3) is 0.667. The zero-order valence-corrected chi connectivity index (χ0v) is 13.6. The average molecular weight is 338 g/mol. The number of hydrogen-bond acceptors (Lipinski definition) is 1. The Morgan fingerprint density at radius 3 is 2.23 bits per heavy atom. The largest absolute Gasteiger partial charge is 0.349 e. The van der Waals surface area contributed by atoms with Crippen molar-refractivity contribution in [2.45, 2.75) is 19.4 Å². The molecule has 0 amide bonds. The van der Waals surface area contributed by atoms with Gasteiger partial charge in [-0.15, -0.1) is 0 Å². The van der Waals surface area contributed by atoms with Crippen LogP contribution in [0.2, 0.25) is 0 Å². The van der Waals surface area contributed by atoms with E-state index < -0.39 is 0 Å². The van der Waals surface area contributed by atoms with Crippen molar-refractivity contribution >= 4 is 11.7 Å². The maximum Gasteiger partial charge on any atom is 0.338 e. The van der Waals surface area contributed by atoms with E-state index in [1.54, 1.807) is 0 Å². The third-order valence-electron chi connectivity index (χ3n) is 1.40. The molecule has 0 aliphatic heterocycles. The van der Waals surface area contributed by atoms with Crippen LogP contribution in [-0.2, 0) is 70.2 Å². The molecule has 1 unspecified atom stereocenters. The third kappa shape index (κ3) is 13.1. The number of hydrogen-bond donors (Lipinski definition) is 4. The molecule has 70 valence electrons. The molecule has 0 aromatic heterocycles. The number of ketones is 1. The third-order valence-corrected chi connectivity index (χ3v) is 1.40. The summed E-state index contributed by atoms with van der Waals surface area (Å²) < 4.78 is 0. The van der Waals surface area contributed by atoms with Gasteiger partial charge in [-0.2, -0.15) is 0 Å². The Balaban J connectivity index is -0.000000500. The topological polar surface area (TPSA) is 111 Å². The van der Waals surface area contributed by atoms with Crippen LogP contribution in [0.3, 0.4) is 0 Å². The number of nitrogens with two attached hydrogens (primary N) is 2. The zero-order chi connectivity index (χ0) is 8.85. The van der Waals surface area contributed by atoms with Crippen molar-refractivity contribution < 1.29 is 80.9 Å². The van der Waals surface area contributed by atoms with Crippen molar-refractivity contribution in [2.75, 3.05) is 6.54 Å². The van der Waals surface area contributed by atoms with E-state index in [1.807, 2.05) is 0 Å². The van der Waals surface area contributed by atoms with E-state index in [1.165, 1.54) is 6.92 Å². The first-order valence-corrected chi connectivity index (χ1v) is 3.49. The summed E-state index contributed by atoms with van der Waals surface area (Å²) in [5.41, 5.74) is 13.9. The van der Waals surface area contributed by atoms with Crippen molar-refractivity contribution in [1.29, 1.82) is 0 Å². The quantitative estimate of drug-likeness (QED) is 0.309. The number of carbonyl (C=O) groups excluding carboxylic acids is 1. The predicted octanol–water partition coefficient (Wildman–Crippen LogP) is -4.07. The Labute approximate surface area is 128 Å². The van der Waals surface area contributed by atoms with E-state index in [-0.39, 0.29) is 83.2 Å². The van der Waals surface area contributed by atoms with E-state index in [0.717, 1.165) is 0 Å². The molecule has 5 nitrogen and oxygen atoms in total. The maximum atomic E-state index is 10.7. The molecule has 0 saturated carbocycles. The molecule has 13 heavy (non-hydrogen) atoms. The molecular weight excluding hydrogens is 322 g/mol. The number of Topliss-reactive ketones (excluding diaryl/α,β-unsaturated/α-hetero) is 1. The van der Waals surface area contributed by atoms with Gasteiger partial charge in [0.1, 0.15) is 6.04 Å². The zero-order valence-electron chi connectivity index (χ0n) is 7.92. The molecule has 0 bridgehead atoms. The molecule has 0 heterocycles. The van der Waals surface area contributed by atoms with Gasteiger partial charge < -0.3 is 5.73 Å². The molecule has 0 fully saturated rings. The first-order chi connectivity index (χ1) is 5.04. The number of nitrogens with one attached hydrogen (secondary N) is 1. The van der Waals surface area contributed by atoms with Gasteiger partial charge in [0.25, 0.3) is 0 Å². The predicted molar refractivity (Wildman–Crippen MR) is 41.2 cm³/mol. The standard InChI is InChI=1S/C6H14N4O.2Y/c1-4(11)5(7)2-3-10-6(8)9;;/h5H,2-3,7H2,1H3,(H4,8,9,10);;/p+2. The summed E-state index contributed by atoms with van der Waals surface area (Å²) in [6.07, 6.45) is 0.660. The molecule has 0 rings (SSSR count). The number of guanidine groups is 1. The second-order valence-corrected chi connectivity index (χ2v) is 2.48. The van der Waals surface area contributed by atoms with E-state index in [0.29, 0.717) is 13.0 Å². The summed E-state index contributed by atoms with van der Waals surface area (Å²) >= 11 is 0. The van der Waals surface area contributed by atoms with Gasteiger partial charge in [0.15, 0.2) is 5.78 Å². The summed E-state index contributed by atoms with van der Waals surface area (Å²) in [7, 11) is 0. The smallest absolute Gasteiger partial charge is 0.338 e. The molecule has 0 aliphatic carbocycles. The van der Waals surface area contributed by atoms with Crippen molar-refractivity contribution in [3.63, 3.8) is 0 Å². The molecule has 0 aliphatic rings. The van der Waals surface area contributed by atoms with Gasteiger partial charge in [0, 0.05) is 78.8 Å². The first-order valence-electron chi connectivity index (χ1n) is 3.49. The van der Waals surface area contributed by atoms with Gasteiger partial charge >= 0.3 is 5.96 Å². The molecule has 7 heteroatoms. The summed E-state index contributed by atoms with van der Waals surface area (Å²) in [6, 6.07) is -0.165. The monoisotopic (exact) mass is 338 g/mol. The maximum absolute atomic E-state index is 10.7. The SMILES string of the molecule is CC(=O)C([NH3+])CC[NH+]=C(N)N.[Y].[Y]. The Morgan fingerprint density at radius 1 is 1.46 bits per heavy atom. The van der Waals surface area contributed by atoms with Crippen LogP contribution in [0.1, 0.15) is 13.3 Å². The van der Waals surface area contributed by atoms with Crippen molar-refractivity contribution in [3.05, 3.63) is 0 Å². The molecule has 8 N–H and O–H groups in total. The Bertz CT molecular complexity index is 170. The minimum absolute atomic E-state index is 0. The van der Waals surface area contributed by atoms with Crippen molar-refractivity contribution in [3.8, 4) is 0 Å².